The maximum atomic E-state index is 12.3. The average molecular weight is 297 g/mol. The van der Waals surface area contributed by atoms with Gasteiger partial charge in [0.25, 0.3) is 5.91 Å². The molecule has 0 atom stereocenters. The number of nitrogens with one attached hydrogen (secondary N) is 1. The predicted octanol–water partition coefficient (Wildman–Crippen LogP) is 1.98. The number of likely N-dealkylation sites (tertiary alicyclic amines) is 1. The topological polar surface area (TPSA) is 62.3 Å². The van der Waals surface area contributed by atoms with Gasteiger partial charge >= 0.3 is 0 Å². The first-order valence-corrected chi connectivity index (χ1v) is 7.65. The molecule has 1 aromatic carbocycles. The first kappa shape index (κ1) is 14.5. The van der Waals surface area contributed by atoms with Gasteiger partial charge in [0, 0.05) is 37.6 Å². The minimum atomic E-state index is -0.182. The maximum absolute atomic E-state index is 12.3. The predicted molar refractivity (Wildman–Crippen MR) is 84.5 cm³/mol. The van der Waals surface area contributed by atoms with E-state index >= 15 is 0 Å². The normalized spacial score (nSPS) is 14.3. The summed E-state index contributed by atoms with van der Waals surface area (Å²) < 4.78 is 0. The molecule has 2 heterocycles. The van der Waals surface area contributed by atoms with Crippen molar-refractivity contribution in [2.75, 3.05) is 19.6 Å². The fourth-order valence-electron chi connectivity index (χ4n) is 2.79. The standard InChI is InChI=1S/C17H19N3O2/c21-15(20-11-1-2-12-20)8-10-19-17(22)14-7-3-5-13-6-4-9-18-16(13)14/h3-7,9H,1-2,8,10-12H2,(H,19,22). The second kappa shape index (κ2) is 6.56. The van der Waals surface area contributed by atoms with Gasteiger partial charge in [-0.3, -0.25) is 14.6 Å². The number of carbonyl (C=O) groups is 2. The molecule has 1 fully saturated rings. The zero-order valence-corrected chi connectivity index (χ0v) is 12.4. The number of pyridine rings is 1. The van der Waals surface area contributed by atoms with Crippen molar-refractivity contribution < 1.29 is 9.59 Å². The molecule has 0 unspecified atom stereocenters. The fraction of sp³-hybridized carbons (Fsp3) is 0.353. The summed E-state index contributed by atoms with van der Waals surface area (Å²) >= 11 is 0. The third-order valence-electron chi connectivity index (χ3n) is 3.96. The van der Waals surface area contributed by atoms with Gasteiger partial charge < -0.3 is 10.2 Å². The van der Waals surface area contributed by atoms with Crippen molar-refractivity contribution >= 4 is 22.7 Å². The van der Waals surface area contributed by atoms with E-state index in [2.05, 4.69) is 10.3 Å². The molecular formula is C17H19N3O2. The highest BCUT2D eigenvalue weighted by Gasteiger charge is 2.18. The van der Waals surface area contributed by atoms with E-state index in [1.54, 1.807) is 12.3 Å². The zero-order valence-electron chi connectivity index (χ0n) is 12.4. The zero-order chi connectivity index (χ0) is 15.4. The Kier molecular flexibility index (Phi) is 4.32. The van der Waals surface area contributed by atoms with Crippen LogP contribution < -0.4 is 5.32 Å². The first-order valence-electron chi connectivity index (χ1n) is 7.65. The monoisotopic (exact) mass is 297 g/mol. The van der Waals surface area contributed by atoms with Gasteiger partial charge in [0.1, 0.15) is 0 Å². The number of rotatable bonds is 4. The van der Waals surface area contributed by atoms with Crippen LogP contribution in [0.3, 0.4) is 0 Å². The molecule has 114 valence electrons. The number of benzene rings is 1. The van der Waals surface area contributed by atoms with Crippen LogP contribution in [0.25, 0.3) is 10.9 Å². The summed E-state index contributed by atoms with van der Waals surface area (Å²) in [6, 6.07) is 9.30. The maximum Gasteiger partial charge on any atom is 0.253 e. The first-order chi connectivity index (χ1) is 10.8. The molecule has 1 aliphatic heterocycles. The van der Waals surface area contributed by atoms with Gasteiger partial charge in [-0.05, 0) is 25.0 Å². The largest absolute Gasteiger partial charge is 0.351 e. The van der Waals surface area contributed by atoms with Crippen LogP contribution in [0.1, 0.15) is 29.6 Å². The molecule has 0 aliphatic carbocycles. The Labute approximate surface area is 129 Å². The highest BCUT2D eigenvalue weighted by atomic mass is 16.2. The molecular weight excluding hydrogens is 278 g/mol. The van der Waals surface area contributed by atoms with E-state index in [9.17, 15) is 9.59 Å². The molecule has 3 rings (SSSR count). The average Bonchev–Trinajstić information content (AvgIpc) is 3.08. The van der Waals surface area contributed by atoms with Crippen LogP contribution >= 0.6 is 0 Å². The van der Waals surface area contributed by atoms with Gasteiger partial charge in [-0.1, -0.05) is 18.2 Å². The molecule has 1 aliphatic rings. The summed E-state index contributed by atoms with van der Waals surface area (Å²) in [5, 5.41) is 3.75. The number of fused-ring (bicyclic) bond motifs is 1. The minimum absolute atomic E-state index is 0.119. The molecule has 0 bridgehead atoms. The summed E-state index contributed by atoms with van der Waals surface area (Å²) in [5.74, 6) is -0.0626. The van der Waals surface area contributed by atoms with Crippen molar-refractivity contribution in [2.45, 2.75) is 19.3 Å². The van der Waals surface area contributed by atoms with E-state index in [4.69, 9.17) is 0 Å². The molecule has 0 radical (unpaired) electrons. The fourth-order valence-corrected chi connectivity index (χ4v) is 2.79. The molecule has 1 saturated heterocycles. The number of para-hydroxylation sites is 1. The minimum Gasteiger partial charge on any atom is -0.351 e. The van der Waals surface area contributed by atoms with E-state index in [-0.39, 0.29) is 11.8 Å². The van der Waals surface area contributed by atoms with Crippen molar-refractivity contribution in [3.63, 3.8) is 0 Å². The molecule has 5 heteroatoms. The Hall–Kier alpha value is -2.43. The van der Waals surface area contributed by atoms with E-state index in [1.807, 2.05) is 29.2 Å². The van der Waals surface area contributed by atoms with Crippen molar-refractivity contribution in [1.29, 1.82) is 0 Å². The van der Waals surface area contributed by atoms with Crippen LogP contribution in [0, 0.1) is 0 Å². The van der Waals surface area contributed by atoms with E-state index in [0.717, 1.165) is 31.3 Å². The van der Waals surface area contributed by atoms with Gasteiger partial charge in [-0.2, -0.15) is 0 Å². The summed E-state index contributed by atoms with van der Waals surface area (Å²) in [7, 11) is 0. The lowest BCUT2D eigenvalue weighted by Gasteiger charge is -2.15. The molecule has 0 spiro atoms. The Morgan fingerprint density at radius 1 is 1.14 bits per heavy atom. The third kappa shape index (κ3) is 3.08. The Bertz CT molecular complexity index is 688. The number of nitrogens with zero attached hydrogens (tertiary/aromatic N) is 2. The highest BCUT2D eigenvalue weighted by Crippen LogP contribution is 2.15. The van der Waals surface area contributed by atoms with Crippen LogP contribution in [0.2, 0.25) is 0 Å². The lowest BCUT2D eigenvalue weighted by molar-refractivity contribution is -0.129. The molecule has 2 aromatic rings. The second-order valence-corrected chi connectivity index (χ2v) is 5.47. The smallest absolute Gasteiger partial charge is 0.253 e. The highest BCUT2D eigenvalue weighted by molar-refractivity contribution is 6.05. The van der Waals surface area contributed by atoms with Crippen molar-refractivity contribution in [2.24, 2.45) is 0 Å². The van der Waals surface area contributed by atoms with Gasteiger partial charge in [0.05, 0.1) is 11.1 Å². The summed E-state index contributed by atoms with van der Waals surface area (Å²) in [4.78, 5) is 30.4. The Balaban J connectivity index is 1.60. The Morgan fingerprint density at radius 3 is 2.73 bits per heavy atom. The molecule has 1 aromatic heterocycles. The number of amides is 2. The summed E-state index contributed by atoms with van der Waals surface area (Å²) in [6.45, 7) is 2.05. The van der Waals surface area contributed by atoms with E-state index in [1.165, 1.54) is 0 Å². The molecule has 22 heavy (non-hydrogen) atoms. The molecule has 0 saturated carbocycles. The lowest BCUT2D eigenvalue weighted by atomic mass is 10.1. The molecule has 5 nitrogen and oxygen atoms in total. The lowest BCUT2D eigenvalue weighted by Crippen LogP contribution is -2.32. The van der Waals surface area contributed by atoms with Gasteiger partial charge in [-0.15, -0.1) is 0 Å². The number of hydrogen-bond donors (Lipinski definition) is 1. The van der Waals surface area contributed by atoms with E-state index < -0.39 is 0 Å². The quantitative estimate of drug-likeness (QED) is 0.938. The van der Waals surface area contributed by atoms with Crippen LogP contribution in [0.5, 0.6) is 0 Å². The van der Waals surface area contributed by atoms with E-state index in [0.29, 0.717) is 24.0 Å². The summed E-state index contributed by atoms with van der Waals surface area (Å²) in [6.07, 6.45) is 4.19. The number of hydrogen-bond acceptors (Lipinski definition) is 3. The van der Waals surface area contributed by atoms with Gasteiger partial charge in [-0.25, -0.2) is 0 Å². The number of carbonyl (C=O) groups excluding carboxylic acids is 2. The molecule has 1 N–H and O–H groups in total. The van der Waals surface area contributed by atoms with Crippen molar-refractivity contribution in [3.05, 3.63) is 42.1 Å². The second-order valence-electron chi connectivity index (χ2n) is 5.47. The SMILES string of the molecule is O=C(NCCC(=O)N1CCCC1)c1cccc2cccnc12. The Morgan fingerprint density at radius 2 is 1.91 bits per heavy atom. The van der Waals surface area contributed by atoms with Gasteiger partial charge in [0.2, 0.25) is 5.91 Å². The van der Waals surface area contributed by atoms with Crippen LogP contribution in [-0.2, 0) is 4.79 Å². The van der Waals surface area contributed by atoms with Crippen LogP contribution in [0.15, 0.2) is 36.5 Å². The molecule has 2 amide bonds. The van der Waals surface area contributed by atoms with Crippen molar-refractivity contribution in [1.82, 2.24) is 15.2 Å². The third-order valence-corrected chi connectivity index (χ3v) is 3.96. The number of aromatic nitrogens is 1. The van der Waals surface area contributed by atoms with Crippen LogP contribution in [0.4, 0.5) is 0 Å². The summed E-state index contributed by atoms with van der Waals surface area (Å²) in [5.41, 5.74) is 1.24. The van der Waals surface area contributed by atoms with Crippen LogP contribution in [-0.4, -0.2) is 41.3 Å². The van der Waals surface area contributed by atoms with Crippen molar-refractivity contribution in [3.8, 4) is 0 Å². The van der Waals surface area contributed by atoms with Gasteiger partial charge in [0.15, 0.2) is 0 Å².